The van der Waals surface area contributed by atoms with Crippen molar-refractivity contribution in [3.63, 3.8) is 0 Å². The minimum atomic E-state index is -0.690. The maximum Gasteiger partial charge on any atom is 0.310 e. The summed E-state index contributed by atoms with van der Waals surface area (Å²) in [6, 6.07) is 0. The Kier molecular flexibility index (Phi) is 2.06. The van der Waals surface area contributed by atoms with E-state index in [1.54, 1.807) is 0 Å². The van der Waals surface area contributed by atoms with E-state index in [1.165, 1.54) is 0 Å². The fraction of sp³-hybridized carbons (Fsp3) is 0.900. The highest BCUT2D eigenvalue weighted by Crippen LogP contribution is 2.52. The van der Waals surface area contributed by atoms with E-state index in [4.69, 9.17) is 5.11 Å². The van der Waals surface area contributed by atoms with Crippen LogP contribution in [0, 0.1) is 11.3 Å². The molecule has 3 heteroatoms. The third-order valence-electron chi connectivity index (χ3n) is 3.86. The molecule has 0 saturated heterocycles. The molecular weight excluding hydrogens is 168 g/mol. The van der Waals surface area contributed by atoms with Crippen LogP contribution in [0.5, 0.6) is 0 Å². The molecule has 0 amide bonds. The highest BCUT2D eigenvalue weighted by molar-refractivity contribution is 5.76. The number of aliphatic carboxylic acids is 1. The van der Waals surface area contributed by atoms with Gasteiger partial charge in [-0.25, -0.2) is 0 Å². The normalized spacial score (nSPS) is 37.0. The molecule has 0 aromatic heterocycles. The second kappa shape index (κ2) is 2.98. The number of aliphatic hydroxyl groups is 1. The Morgan fingerprint density at radius 2 is 1.92 bits per heavy atom. The first-order chi connectivity index (χ1) is 6.17. The Labute approximate surface area is 77.8 Å². The number of carboxylic acid groups (broad SMARTS) is 1. The van der Waals surface area contributed by atoms with Crippen molar-refractivity contribution in [3.05, 3.63) is 0 Å². The van der Waals surface area contributed by atoms with E-state index in [1.807, 2.05) is 0 Å². The maximum atomic E-state index is 11.1. The Morgan fingerprint density at radius 1 is 1.23 bits per heavy atom. The van der Waals surface area contributed by atoms with Crippen molar-refractivity contribution >= 4 is 5.97 Å². The summed E-state index contributed by atoms with van der Waals surface area (Å²) in [7, 11) is 0. The van der Waals surface area contributed by atoms with Gasteiger partial charge in [0.15, 0.2) is 0 Å². The molecule has 0 aromatic carbocycles. The van der Waals surface area contributed by atoms with E-state index in [2.05, 4.69) is 0 Å². The number of carbonyl (C=O) groups is 1. The number of hydrogen-bond donors (Lipinski definition) is 2. The van der Waals surface area contributed by atoms with Crippen LogP contribution < -0.4 is 0 Å². The summed E-state index contributed by atoms with van der Waals surface area (Å²) in [6.45, 7) is 0. The zero-order valence-electron chi connectivity index (χ0n) is 7.70. The Bertz CT molecular complexity index is 220. The van der Waals surface area contributed by atoms with Crippen LogP contribution in [0.15, 0.2) is 0 Å². The first-order valence-corrected chi connectivity index (χ1v) is 5.08. The lowest BCUT2D eigenvalue weighted by molar-refractivity contribution is -0.163. The van der Waals surface area contributed by atoms with Gasteiger partial charge in [0.1, 0.15) is 0 Å². The summed E-state index contributed by atoms with van der Waals surface area (Å²) in [5.41, 5.74) is -0.560. The summed E-state index contributed by atoms with van der Waals surface area (Å²) in [6.07, 6.45) is 4.86. The number of carboxylic acids is 1. The van der Waals surface area contributed by atoms with Gasteiger partial charge in [-0.2, -0.15) is 0 Å². The summed E-state index contributed by atoms with van der Waals surface area (Å²) in [5.74, 6) is -0.663. The van der Waals surface area contributed by atoms with Gasteiger partial charge in [-0.1, -0.05) is 12.8 Å². The van der Waals surface area contributed by atoms with Gasteiger partial charge in [-0.05, 0) is 25.7 Å². The quantitative estimate of drug-likeness (QED) is 0.682. The molecule has 2 N–H and O–H groups in total. The fourth-order valence-electron chi connectivity index (χ4n) is 2.89. The lowest BCUT2D eigenvalue weighted by Gasteiger charge is -2.43. The van der Waals surface area contributed by atoms with Gasteiger partial charge in [0.05, 0.1) is 11.5 Å². The molecule has 13 heavy (non-hydrogen) atoms. The smallest absolute Gasteiger partial charge is 0.310 e. The molecule has 2 aliphatic carbocycles. The third kappa shape index (κ3) is 1.17. The van der Waals surface area contributed by atoms with E-state index in [0.29, 0.717) is 0 Å². The predicted molar refractivity (Wildman–Crippen MR) is 47.3 cm³/mol. The first-order valence-electron chi connectivity index (χ1n) is 5.08. The molecule has 3 nitrogen and oxygen atoms in total. The second-order valence-corrected chi connectivity index (χ2v) is 4.42. The molecule has 2 unspecified atom stereocenters. The van der Waals surface area contributed by atoms with Crippen molar-refractivity contribution in [1.29, 1.82) is 0 Å². The van der Waals surface area contributed by atoms with Crippen LogP contribution in [0.4, 0.5) is 0 Å². The van der Waals surface area contributed by atoms with Crippen LogP contribution >= 0.6 is 0 Å². The molecule has 0 bridgehead atoms. The van der Waals surface area contributed by atoms with Crippen LogP contribution in [0.25, 0.3) is 0 Å². The van der Waals surface area contributed by atoms with Crippen molar-refractivity contribution in [2.75, 3.05) is 0 Å². The summed E-state index contributed by atoms with van der Waals surface area (Å²) in [5, 5.41) is 18.8. The van der Waals surface area contributed by atoms with E-state index in [0.717, 1.165) is 38.5 Å². The third-order valence-corrected chi connectivity index (χ3v) is 3.86. The molecule has 0 aliphatic heterocycles. The highest BCUT2D eigenvalue weighted by Gasteiger charge is 2.53. The van der Waals surface area contributed by atoms with Gasteiger partial charge < -0.3 is 10.2 Å². The highest BCUT2D eigenvalue weighted by atomic mass is 16.4. The van der Waals surface area contributed by atoms with Crippen LogP contribution in [-0.4, -0.2) is 22.3 Å². The van der Waals surface area contributed by atoms with E-state index >= 15 is 0 Å². The fourth-order valence-corrected chi connectivity index (χ4v) is 2.89. The molecule has 74 valence electrons. The molecule has 2 rings (SSSR count). The van der Waals surface area contributed by atoms with Crippen molar-refractivity contribution in [2.24, 2.45) is 11.3 Å². The standard InChI is InChI=1S/C10H16O3/c11-8-4-1-3-7(8)10(9(12)13)5-2-6-10/h7-8,11H,1-6H2,(H,12,13). The molecule has 2 saturated carbocycles. The van der Waals surface area contributed by atoms with Crippen molar-refractivity contribution in [3.8, 4) is 0 Å². The van der Waals surface area contributed by atoms with Crippen LogP contribution in [0.2, 0.25) is 0 Å². The first kappa shape index (κ1) is 9.00. The van der Waals surface area contributed by atoms with Gasteiger partial charge in [-0.15, -0.1) is 0 Å². The van der Waals surface area contributed by atoms with Crippen LogP contribution in [0.1, 0.15) is 38.5 Å². The Balaban J connectivity index is 2.16. The minimum Gasteiger partial charge on any atom is -0.481 e. The average Bonchev–Trinajstić information content (AvgIpc) is 2.34. The second-order valence-electron chi connectivity index (χ2n) is 4.42. The lowest BCUT2D eigenvalue weighted by Crippen LogP contribution is -2.47. The SMILES string of the molecule is O=C(O)C1(C2CCCC2O)CCC1. The molecule has 2 aliphatic rings. The molecule has 0 radical (unpaired) electrons. The zero-order valence-corrected chi connectivity index (χ0v) is 7.70. The number of rotatable bonds is 2. The van der Waals surface area contributed by atoms with E-state index < -0.39 is 11.4 Å². The van der Waals surface area contributed by atoms with Crippen LogP contribution in [0.3, 0.4) is 0 Å². The van der Waals surface area contributed by atoms with Crippen molar-refractivity contribution < 1.29 is 15.0 Å². The largest absolute Gasteiger partial charge is 0.481 e. The summed E-state index contributed by atoms with van der Waals surface area (Å²) < 4.78 is 0. The van der Waals surface area contributed by atoms with Crippen LogP contribution in [-0.2, 0) is 4.79 Å². The lowest BCUT2D eigenvalue weighted by atomic mass is 9.60. The van der Waals surface area contributed by atoms with Crippen molar-refractivity contribution in [2.45, 2.75) is 44.6 Å². The molecule has 0 spiro atoms. The van der Waals surface area contributed by atoms with E-state index in [9.17, 15) is 9.90 Å². The zero-order chi connectivity index (χ0) is 9.47. The van der Waals surface area contributed by atoms with Gasteiger partial charge in [0.2, 0.25) is 0 Å². The Morgan fingerprint density at radius 3 is 2.23 bits per heavy atom. The van der Waals surface area contributed by atoms with Gasteiger partial charge in [0.25, 0.3) is 0 Å². The molecular formula is C10H16O3. The minimum absolute atomic E-state index is 0.0266. The maximum absolute atomic E-state index is 11.1. The summed E-state index contributed by atoms with van der Waals surface area (Å²) in [4.78, 5) is 11.1. The average molecular weight is 184 g/mol. The van der Waals surface area contributed by atoms with Gasteiger partial charge in [0, 0.05) is 5.92 Å². The van der Waals surface area contributed by atoms with E-state index in [-0.39, 0.29) is 12.0 Å². The van der Waals surface area contributed by atoms with Gasteiger partial charge in [-0.3, -0.25) is 4.79 Å². The molecule has 2 fully saturated rings. The predicted octanol–water partition coefficient (Wildman–Crippen LogP) is 1.40. The number of hydrogen-bond acceptors (Lipinski definition) is 2. The topological polar surface area (TPSA) is 57.5 Å². The van der Waals surface area contributed by atoms with Crippen molar-refractivity contribution in [1.82, 2.24) is 0 Å². The summed E-state index contributed by atoms with van der Waals surface area (Å²) >= 11 is 0. The Hall–Kier alpha value is -0.570. The van der Waals surface area contributed by atoms with Gasteiger partial charge >= 0.3 is 5.97 Å². The molecule has 0 heterocycles. The molecule has 0 aromatic rings. The number of aliphatic hydroxyl groups excluding tert-OH is 1. The monoisotopic (exact) mass is 184 g/mol. The molecule has 2 atom stereocenters.